The third-order valence-electron chi connectivity index (χ3n) is 12.1. The number of anilines is 3. The van der Waals surface area contributed by atoms with E-state index in [1.54, 1.807) is 0 Å². The Bertz CT molecular complexity index is 3020. The number of fused-ring (bicyclic) bond motifs is 13. The lowest BCUT2D eigenvalue weighted by Gasteiger charge is -2.31. The summed E-state index contributed by atoms with van der Waals surface area (Å²) in [6.45, 7) is 0. The smallest absolute Gasteiger partial charge is 0.178 e. The minimum Gasteiger partial charge on any atom is -0.449 e. The van der Waals surface area contributed by atoms with Crippen molar-refractivity contribution < 1.29 is 9.47 Å². The minimum atomic E-state index is -0.448. The monoisotopic (exact) mass is 741 g/mol. The first kappa shape index (κ1) is 32.6. The van der Waals surface area contributed by atoms with Gasteiger partial charge in [0.2, 0.25) is 0 Å². The standard InChI is InChI=1S/C55H35NO2/c1-3-14-36(15-4-1)37-26-28-38(29-27-37)39-16-13-19-41(34-39)56(40-17-5-2-6-18-40)42-30-32-50-52(35-42)57-51-33-31-49-53(54(51)58-50)45-22-9-12-25-48(45)55(49)46-23-10-7-20-43(46)44-21-8-11-24-47(44)55/h1-35H. The van der Waals surface area contributed by atoms with Crippen LogP contribution in [0.15, 0.2) is 212 Å². The summed E-state index contributed by atoms with van der Waals surface area (Å²) in [5.74, 6) is 2.84. The van der Waals surface area contributed by atoms with E-state index in [1.165, 1.54) is 50.1 Å². The molecule has 1 heterocycles. The van der Waals surface area contributed by atoms with E-state index in [2.05, 4.69) is 211 Å². The molecule has 0 unspecified atom stereocenters. The molecule has 0 amide bonds. The number of para-hydroxylation sites is 1. The first-order valence-electron chi connectivity index (χ1n) is 19.8. The Kier molecular flexibility index (Phi) is 7.14. The fourth-order valence-corrected chi connectivity index (χ4v) is 9.68. The molecular weight excluding hydrogens is 707 g/mol. The molecule has 0 aromatic heterocycles. The van der Waals surface area contributed by atoms with Gasteiger partial charge in [-0.1, -0.05) is 164 Å². The summed E-state index contributed by atoms with van der Waals surface area (Å²) < 4.78 is 13.8. The molecule has 3 nitrogen and oxygen atoms in total. The lowest BCUT2D eigenvalue weighted by molar-refractivity contribution is 0.360. The molecule has 1 spiro atoms. The van der Waals surface area contributed by atoms with Gasteiger partial charge in [0.25, 0.3) is 0 Å². The second-order valence-corrected chi connectivity index (χ2v) is 15.2. The van der Waals surface area contributed by atoms with Gasteiger partial charge >= 0.3 is 0 Å². The molecule has 9 aromatic rings. The SMILES string of the molecule is c1ccc(-c2ccc(-c3cccc(N(c4ccccc4)c4ccc5c(c4)Oc4ccc6c(c4O5)-c4ccccc4C64c5ccccc5-c5ccccc54)c3)cc2)cc1. The Morgan fingerprint density at radius 1 is 0.310 bits per heavy atom. The summed E-state index contributed by atoms with van der Waals surface area (Å²) >= 11 is 0. The van der Waals surface area contributed by atoms with Crippen molar-refractivity contribution in [3.05, 3.63) is 235 Å². The normalized spacial score (nSPS) is 13.2. The summed E-state index contributed by atoms with van der Waals surface area (Å²) in [6, 6.07) is 75.7. The molecule has 0 fully saturated rings. The van der Waals surface area contributed by atoms with Crippen molar-refractivity contribution in [2.24, 2.45) is 0 Å². The van der Waals surface area contributed by atoms with Crippen LogP contribution in [0.2, 0.25) is 0 Å². The average Bonchev–Trinajstić information content (AvgIpc) is 3.77. The Morgan fingerprint density at radius 2 is 0.828 bits per heavy atom. The van der Waals surface area contributed by atoms with E-state index in [4.69, 9.17) is 9.47 Å². The van der Waals surface area contributed by atoms with Crippen molar-refractivity contribution in [2.75, 3.05) is 4.90 Å². The van der Waals surface area contributed by atoms with Gasteiger partial charge in [-0.05, 0) is 104 Å². The molecule has 3 aliphatic rings. The van der Waals surface area contributed by atoms with Gasteiger partial charge in [-0.15, -0.1) is 0 Å². The van der Waals surface area contributed by atoms with Gasteiger partial charge in [-0.25, -0.2) is 0 Å². The van der Waals surface area contributed by atoms with Crippen molar-refractivity contribution in [2.45, 2.75) is 5.41 Å². The molecule has 0 radical (unpaired) electrons. The van der Waals surface area contributed by atoms with E-state index in [1.807, 2.05) is 6.07 Å². The maximum Gasteiger partial charge on any atom is 0.178 e. The zero-order valence-corrected chi connectivity index (χ0v) is 31.5. The molecule has 12 rings (SSSR count). The Balaban J connectivity index is 0.942. The molecule has 0 atom stereocenters. The van der Waals surface area contributed by atoms with Crippen molar-refractivity contribution in [1.29, 1.82) is 0 Å². The largest absolute Gasteiger partial charge is 0.449 e. The van der Waals surface area contributed by atoms with Crippen LogP contribution in [0.4, 0.5) is 17.1 Å². The zero-order valence-electron chi connectivity index (χ0n) is 31.5. The average molecular weight is 742 g/mol. The second kappa shape index (κ2) is 12.7. The number of hydrogen-bond acceptors (Lipinski definition) is 3. The van der Waals surface area contributed by atoms with Crippen molar-refractivity contribution in [3.8, 4) is 67.5 Å². The third-order valence-corrected chi connectivity index (χ3v) is 12.1. The molecular formula is C55H35NO2. The van der Waals surface area contributed by atoms with Gasteiger partial charge in [0.15, 0.2) is 23.0 Å². The lowest BCUT2D eigenvalue weighted by atomic mass is 9.70. The number of hydrogen-bond donors (Lipinski definition) is 0. The Hall–Kier alpha value is -7.62. The highest BCUT2D eigenvalue weighted by molar-refractivity contribution is 5.98. The van der Waals surface area contributed by atoms with Crippen LogP contribution in [-0.2, 0) is 5.41 Å². The first-order chi connectivity index (χ1) is 28.8. The minimum absolute atomic E-state index is 0.448. The molecule has 2 aliphatic carbocycles. The van der Waals surface area contributed by atoms with Crippen LogP contribution in [0.3, 0.4) is 0 Å². The van der Waals surface area contributed by atoms with Gasteiger partial charge in [0.05, 0.1) is 11.1 Å². The molecule has 1 aliphatic heterocycles. The molecule has 0 saturated carbocycles. The van der Waals surface area contributed by atoms with Crippen LogP contribution < -0.4 is 14.4 Å². The number of ether oxygens (including phenoxy) is 2. The zero-order chi connectivity index (χ0) is 38.2. The summed E-state index contributed by atoms with van der Waals surface area (Å²) in [7, 11) is 0. The third kappa shape index (κ3) is 4.74. The predicted molar refractivity (Wildman–Crippen MR) is 235 cm³/mol. The molecule has 0 bridgehead atoms. The summed E-state index contributed by atoms with van der Waals surface area (Å²) in [6.07, 6.45) is 0. The maximum atomic E-state index is 6.98. The van der Waals surface area contributed by atoms with Crippen molar-refractivity contribution >= 4 is 17.1 Å². The number of nitrogens with zero attached hydrogens (tertiary/aromatic N) is 1. The van der Waals surface area contributed by atoms with E-state index in [0.717, 1.165) is 39.5 Å². The van der Waals surface area contributed by atoms with Crippen LogP contribution in [0.1, 0.15) is 22.3 Å². The van der Waals surface area contributed by atoms with Crippen molar-refractivity contribution in [3.63, 3.8) is 0 Å². The maximum absolute atomic E-state index is 6.98. The van der Waals surface area contributed by atoms with E-state index >= 15 is 0 Å². The molecule has 58 heavy (non-hydrogen) atoms. The van der Waals surface area contributed by atoms with E-state index in [9.17, 15) is 0 Å². The fraction of sp³-hybridized carbons (Fsp3) is 0.0182. The van der Waals surface area contributed by atoms with Crippen LogP contribution in [0.5, 0.6) is 23.0 Å². The number of rotatable bonds is 5. The van der Waals surface area contributed by atoms with Crippen molar-refractivity contribution in [1.82, 2.24) is 0 Å². The van der Waals surface area contributed by atoms with Gasteiger partial charge in [-0.3, -0.25) is 0 Å². The molecule has 3 heteroatoms. The summed E-state index contributed by atoms with van der Waals surface area (Å²) in [5, 5.41) is 0. The highest BCUT2D eigenvalue weighted by Crippen LogP contribution is 2.66. The summed E-state index contributed by atoms with van der Waals surface area (Å²) in [5.41, 5.74) is 17.3. The predicted octanol–water partition coefficient (Wildman–Crippen LogP) is 14.7. The summed E-state index contributed by atoms with van der Waals surface area (Å²) in [4.78, 5) is 2.28. The molecule has 0 N–H and O–H groups in total. The van der Waals surface area contributed by atoms with Crippen LogP contribution in [0, 0.1) is 0 Å². The van der Waals surface area contributed by atoms with E-state index in [-0.39, 0.29) is 0 Å². The fourth-order valence-electron chi connectivity index (χ4n) is 9.68. The van der Waals surface area contributed by atoms with Gasteiger partial charge in [0, 0.05) is 23.0 Å². The Labute approximate surface area is 337 Å². The van der Waals surface area contributed by atoms with Gasteiger partial charge in [-0.2, -0.15) is 0 Å². The highest BCUT2D eigenvalue weighted by atomic mass is 16.6. The van der Waals surface area contributed by atoms with Gasteiger partial charge < -0.3 is 14.4 Å². The highest BCUT2D eigenvalue weighted by Gasteiger charge is 2.53. The molecule has 9 aromatic carbocycles. The second-order valence-electron chi connectivity index (χ2n) is 15.2. The molecule has 272 valence electrons. The topological polar surface area (TPSA) is 21.7 Å². The van der Waals surface area contributed by atoms with Crippen LogP contribution in [-0.4, -0.2) is 0 Å². The quantitative estimate of drug-likeness (QED) is 0.175. The van der Waals surface area contributed by atoms with E-state index in [0.29, 0.717) is 17.2 Å². The van der Waals surface area contributed by atoms with Crippen LogP contribution in [0.25, 0.3) is 44.5 Å². The van der Waals surface area contributed by atoms with Gasteiger partial charge in [0.1, 0.15) is 0 Å². The lowest BCUT2D eigenvalue weighted by Crippen LogP contribution is -2.25. The molecule has 0 saturated heterocycles. The first-order valence-corrected chi connectivity index (χ1v) is 19.8. The number of benzene rings is 9. The Morgan fingerprint density at radius 3 is 1.53 bits per heavy atom. The van der Waals surface area contributed by atoms with Crippen LogP contribution >= 0.6 is 0 Å². The van der Waals surface area contributed by atoms with E-state index < -0.39 is 5.41 Å².